The highest BCUT2D eigenvalue weighted by Crippen LogP contribution is 2.16. The van der Waals surface area contributed by atoms with Crippen molar-refractivity contribution in [2.75, 3.05) is 0 Å². The first-order valence-electron chi connectivity index (χ1n) is 7.78. The minimum absolute atomic E-state index is 0.00287. The molecule has 0 spiro atoms. The highest BCUT2D eigenvalue weighted by Gasteiger charge is 2.12. The number of aryl methyl sites for hydroxylation is 1. The Morgan fingerprint density at radius 2 is 2.09 bits per heavy atom. The fraction of sp³-hybridized carbons (Fsp3) is 0.471. The van der Waals surface area contributed by atoms with Gasteiger partial charge < -0.3 is 5.32 Å². The fourth-order valence-electron chi connectivity index (χ4n) is 2.31. The number of hydrogen-bond acceptors (Lipinski definition) is 3. The van der Waals surface area contributed by atoms with Crippen molar-refractivity contribution in [3.63, 3.8) is 0 Å². The molecule has 1 amide bonds. The fourth-order valence-corrected chi connectivity index (χ4v) is 2.31. The third kappa shape index (κ3) is 3.93. The van der Waals surface area contributed by atoms with Crippen LogP contribution in [0.1, 0.15) is 49.9 Å². The highest BCUT2D eigenvalue weighted by atomic mass is 16.2. The zero-order valence-corrected chi connectivity index (χ0v) is 13.4. The number of hydrogen-bond donors (Lipinski definition) is 1. The maximum Gasteiger partial charge on any atom is 0.247 e. The predicted molar refractivity (Wildman–Crippen MR) is 86.8 cm³/mol. The first-order chi connectivity index (χ1) is 10.5. The molecular weight excluding hydrogens is 278 g/mol. The summed E-state index contributed by atoms with van der Waals surface area (Å²) >= 11 is 0. The molecule has 118 valence electrons. The zero-order valence-electron chi connectivity index (χ0n) is 13.4. The molecule has 2 aromatic rings. The number of carbonyl (C=O) groups excluding carboxylic acids is 2. The number of carbonyl (C=O) groups is 2. The summed E-state index contributed by atoms with van der Waals surface area (Å²) in [7, 11) is 0. The van der Waals surface area contributed by atoms with Crippen LogP contribution < -0.4 is 5.32 Å². The molecule has 0 unspecified atom stereocenters. The van der Waals surface area contributed by atoms with Crippen LogP contribution in [0.15, 0.2) is 24.4 Å². The summed E-state index contributed by atoms with van der Waals surface area (Å²) in [5, 5.41) is 8.02. The van der Waals surface area contributed by atoms with E-state index in [1.807, 2.05) is 39.0 Å². The largest absolute Gasteiger partial charge is 0.354 e. The lowest BCUT2D eigenvalue weighted by molar-refractivity contribution is -0.121. The second kappa shape index (κ2) is 7.20. The Morgan fingerprint density at radius 3 is 2.82 bits per heavy atom. The molecular formula is C17H23N3O2. The molecule has 0 radical (unpaired) electrons. The number of aromatic nitrogens is 2. The summed E-state index contributed by atoms with van der Waals surface area (Å²) in [6, 6.07) is 6.06. The molecule has 0 saturated carbocycles. The standard InChI is InChI=1S/C17H23N3O2/c1-4-13(3)19-16(21)6-5-7-17(22)20-15-9-8-12(2)10-14(15)11-18-20/h8-11,13H,4-7H2,1-3H3,(H,19,21)/t13-/m0/s1. The molecule has 0 aliphatic rings. The van der Waals surface area contributed by atoms with Crippen molar-refractivity contribution < 1.29 is 9.59 Å². The van der Waals surface area contributed by atoms with Crippen LogP contribution in [0.3, 0.4) is 0 Å². The molecule has 5 nitrogen and oxygen atoms in total. The van der Waals surface area contributed by atoms with E-state index in [2.05, 4.69) is 10.4 Å². The molecule has 1 atom stereocenters. The van der Waals surface area contributed by atoms with Gasteiger partial charge in [-0.25, -0.2) is 4.68 Å². The lowest BCUT2D eigenvalue weighted by Gasteiger charge is -2.10. The maximum absolute atomic E-state index is 12.2. The zero-order chi connectivity index (χ0) is 16.1. The minimum atomic E-state index is -0.0739. The van der Waals surface area contributed by atoms with Crippen molar-refractivity contribution in [2.45, 2.75) is 52.5 Å². The van der Waals surface area contributed by atoms with Gasteiger partial charge in [-0.15, -0.1) is 0 Å². The first kappa shape index (κ1) is 16.2. The Hall–Kier alpha value is -2.17. The lowest BCUT2D eigenvalue weighted by atomic mass is 10.2. The molecule has 1 N–H and O–H groups in total. The summed E-state index contributed by atoms with van der Waals surface area (Å²) in [6.07, 6.45) is 3.83. The van der Waals surface area contributed by atoms with E-state index >= 15 is 0 Å². The number of amides is 1. The summed E-state index contributed by atoms with van der Waals surface area (Å²) in [5.74, 6) is -0.0710. The summed E-state index contributed by atoms with van der Waals surface area (Å²) in [4.78, 5) is 23.9. The van der Waals surface area contributed by atoms with Crippen LogP contribution in [0.2, 0.25) is 0 Å². The number of fused-ring (bicyclic) bond motifs is 1. The Kier molecular flexibility index (Phi) is 5.31. The monoisotopic (exact) mass is 301 g/mol. The van der Waals surface area contributed by atoms with E-state index in [-0.39, 0.29) is 17.9 Å². The van der Waals surface area contributed by atoms with E-state index in [1.54, 1.807) is 6.20 Å². The van der Waals surface area contributed by atoms with Gasteiger partial charge >= 0.3 is 0 Å². The molecule has 22 heavy (non-hydrogen) atoms. The SMILES string of the molecule is CC[C@H](C)NC(=O)CCCC(=O)n1ncc2cc(C)ccc21. The first-order valence-corrected chi connectivity index (χ1v) is 7.78. The predicted octanol–water partition coefficient (Wildman–Crippen LogP) is 3.07. The molecule has 0 saturated heterocycles. The number of nitrogens with one attached hydrogen (secondary N) is 1. The normalized spacial score (nSPS) is 12.3. The van der Waals surface area contributed by atoms with Gasteiger partial charge in [0.25, 0.3) is 0 Å². The molecule has 5 heteroatoms. The molecule has 1 aromatic heterocycles. The van der Waals surface area contributed by atoms with Crippen LogP contribution in [-0.2, 0) is 4.79 Å². The van der Waals surface area contributed by atoms with Crippen molar-refractivity contribution in [3.05, 3.63) is 30.0 Å². The van der Waals surface area contributed by atoms with Crippen LogP contribution >= 0.6 is 0 Å². The van der Waals surface area contributed by atoms with Crippen LogP contribution in [0.25, 0.3) is 10.9 Å². The highest BCUT2D eigenvalue weighted by molar-refractivity contribution is 5.91. The Bertz CT molecular complexity index is 676. The van der Waals surface area contributed by atoms with Gasteiger partial charge in [0.15, 0.2) is 0 Å². The molecule has 1 aromatic carbocycles. The topological polar surface area (TPSA) is 64.0 Å². The molecule has 0 aliphatic carbocycles. The molecule has 0 aliphatic heterocycles. The second-order valence-electron chi connectivity index (χ2n) is 5.74. The molecule has 0 bridgehead atoms. The van der Waals surface area contributed by atoms with Crippen LogP contribution in [0, 0.1) is 6.92 Å². The third-order valence-corrected chi connectivity index (χ3v) is 3.77. The average molecular weight is 301 g/mol. The smallest absolute Gasteiger partial charge is 0.247 e. The molecule has 0 fully saturated rings. The quantitative estimate of drug-likeness (QED) is 0.891. The number of benzene rings is 1. The second-order valence-corrected chi connectivity index (χ2v) is 5.74. The molecule has 1 heterocycles. The van der Waals surface area contributed by atoms with Crippen molar-refractivity contribution in [3.8, 4) is 0 Å². The Morgan fingerprint density at radius 1 is 1.32 bits per heavy atom. The number of nitrogens with zero attached hydrogens (tertiary/aromatic N) is 2. The van der Waals surface area contributed by atoms with Crippen molar-refractivity contribution in [1.82, 2.24) is 15.1 Å². The Balaban J connectivity index is 1.90. The van der Waals surface area contributed by atoms with Gasteiger partial charge in [-0.05, 0) is 38.8 Å². The van der Waals surface area contributed by atoms with Gasteiger partial charge in [-0.3, -0.25) is 9.59 Å². The average Bonchev–Trinajstić information content (AvgIpc) is 2.89. The van der Waals surface area contributed by atoms with Gasteiger partial charge in [0.05, 0.1) is 11.7 Å². The van der Waals surface area contributed by atoms with E-state index in [0.29, 0.717) is 19.3 Å². The van der Waals surface area contributed by atoms with Gasteiger partial charge in [-0.2, -0.15) is 5.10 Å². The minimum Gasteiger partial charge on any atom is -0.354 e. The van der Waals surface area contributed by atoms with Crippen molar-refractivity contribution >= 4 is 22.7 Å². The van der Waals surface area contributed by atoms with Gasteiger partial charge in [0.1, 0.15) is 0 Å². The van der Waals surface area contributed by atoms with Gasteiger partial charge in [0.2, 0.25) is 11.8 Å². The van der Waals surface area contributed by atoms with E-state index in [0.717, 1.165) is 22.9 Å². The Labute approximate surface area is 130 Å². The van der Waals surface area contributed by atoms with Crippen LogP contribution in [-0.4, -0.2) is 27.6 Å². The van der Waals surface area contributed by atoms with Crippen molar-refractivity contribution in [1.29, 1.82) is 0 Å². The van der Waals surface area contributed by atoms with E-state index < -0.39 is 0 Å². The molecule has 2 rings (SSSR count). The van der Waals surface area contributed by atoms with E-state index in [1.165, 1.54) is 4.68 Å². The summed E-state index contributed by atoms with van der Waals surface area (Å²) < 4.78 is 1.43. The van der Waals surface area contributed by atoms with Crippen LogP contribution in [0.4, 0.5) is 0 Å². The maximum atomic E-state index is 12.2. The lowest BCUT2D eigenvalue weighted by Crippen LogP contribution is -2.31. The number of rotatable bonds is 6. The van der Waals surface area contributed by atoms with Gasteiger partial charge in [-0.1, -0.05) is 18.6 Å². The van der Waals surface area contributed by atoms with E-state index in [9.17, 15) is 9.59 Å². The van der Waals surface area contributed by atoms with Gasteiger partial charge in [0, 0.05) is 24.3 Å². The summed E-state index contributed by atoms with van der Waals surface area (Å²) in [5.41, 5.74) is 1.96. The summed E-state index contributed by atoms with van der Waals surface area (Å²) in [6.45, 7) is 6.01. The van der Waals surface area contributed by atoms with E-state index in [4.69, 9.17) is 0 Å². The van der Waals surface area contributed by atoms with Crippen molar-refractivity contribution in [2.24, 2.45) is 0 Å². The third-order valence-electron chi connectivity index (χ3n) is 3.77. The van der Waals surface area contributed by atoms with Crippen LogP contribution in [0.5, 0.6) is 0 Å².